The number of urea groups is 1. The second-order valence-electron chi connectivity index (χ2n) is 6.22. The van der Waals surface area contributed by atoms with E-state index in [4.69, 9.17) is 18.9 Å². The zero-order valence-corrected chi connectivity index (χ0v) is 17.4. The first kappa shape index (κ1) is 22.8. The summed E-state index contributed by atoms with van der Waals surface area (Å²) in [6, 6.07) is 4.17. The molecule has 0 saturated carbocycles. The third kappa shape index (κ3) is 5.76. The van der Waals surface area contributed by atoms with Gasteiger partial charge in [0.25, 0.3) is 0 Å². The predicted molar refractivity (Wildman–Crippen MR) is 109 cm³/mol. The van der Waals surface area contributed by atoms with E-state index in [1.807, 2.05) is 6.92 Å². The third-order valence-corrected chi connectivity index (χ3v) is 4.35. The largest absolute Gasteiger partial charge is 0.497 e. The maximum Gasteiger partial charge on any atom is 0.338 e. The molecule has 0 aromatic heterocycles. The van der Waals surface area contributed by atoms with E-state index in [1.165, 1.54) is 19.3 Å². The van der Waals surface area contributed by atoms with Crippen LogP contribution >= 0.6 is 0 Å². The molecular formula is C21H26N2O7. The Morgan fingerprint density at radius 1 is 1.13 bits per heavy atom. The molecule has 0 fully saturated rings. The molecule has 1 atom stereocenters. The van der Waals surface area contributed by atoms with Gasteiger partial charge in [0.1, 0.15) is 18.1 Å². The molecule has 30 heavy (non-hydrogen) atoms. The van der Waals surface area contributed by atoms with Crippen LogP contribution in [-0.4, -0.2) is 51.4 Å². The van der Waals surface area contributed by atoms with E-state index < -0.39 is 24.0 Å². The Kier molecular flexibility index (Phi) is 8.28. The Morgan fingerprint density at radius 3 is 2.53 bits per heavy atom. The average Bonchev–Trinajstić information content (AvgIpc) is 2.75. The zero-order chi connectivity index (χ0) is 22.1. The number of hydrogen-bond acceptors (Lipinski definition) is 7. The minimum absolute atomic E-state index is 0.187. The van der Waals surface area contributed by atoms with Gasteiger partial charge in [0.2, 0.25) is 0 Å². The number of carbonyl (C=O) groups is 3. The van der Waals surface area contributed by atoms with Gasteiger partial charge in [0, 0.05) is 17.7 Å². The van der Waals surface area contributed by atoms with Crippen molar-refractivity contribution in [3.8, 4) is 11.5 Å². The van der Waals surface area contributed by atoms with Crippen LogP contribution in [0.5, 0.6) is 11.5 Å². The normalized spacial score (nSPS) is 16.0. The topological polar surface area (TPSA) is 112 Å². The Bertz CT molecular complexity index is 861. The predicted octanol–water partition coefficient (Wildman–Crippen LogP) is 2.17. The van der Waals surface area contributed by atoms with Crippen LogP contribution < -0.4 is 20.1 Å². The fourth-order valence-electron chi connectivity index (χ4n) is 2.88. The minimum atomic E-state index is -0.649. The Balaban J connectivity index is 2.13. The highest BCUT2D eigenvalue weighted by atomic mass is 16.5. The molecule has 2 rings (SSSR count). The number of ether oxygens (including phenoxy) is 4. The molecule has 1 aromatic rings. The summed E-state index contributed by atoms with van der Waals surface area (Å²) in [6.45, 7) is 3.42. The van der Waals surface area contributed by atoms with E-state index in [2.05, 4.69) is 10.6 Å². The lowest BCUT2D eigenvalue weighted by molar-refractivity contribution is -0.140. The van der Waals surface area contributed by atoms with E-state index in [0.29, 0.717) is 23.5 Å². The molecule has 162 valence electrons. The first-order valence-electron chi connectivity index (χ1n) is 9.47. The van der Waals surface area contributed by atoms with Crippen molar-refractivity contribution in [1.29, 1.82) is 0 Å². The number of hydrogen-bond donors (Lipinski definition) is 2. The molecular weight excluding hydrogens is 392 g/mol. The van der Waals surface area contributed by atoms with Gasteiger partial charge in [0.15, 0.2) is 0 Å². The van der Waals surface area contributed by atoms with Gasteiger partial charge < -0.3 is 29.6 Å². The highest BCUT2D eigenvalue weighted by Gasteiger charge is 2.31. The van der Waals surface area contributed by atoms with Crippen molar-refractivity contribution < 1.29 is 33.3 Å². The molecule has 9 heteroatoms. The number of carbonyl (C=O) groups excluding carboxylic acids is 3. The van der Waals surface area contributed by atoms with Gasteiger partial charge in [-0.3, -0.25) is 0 Å². The highest BCUT2D eigenvalue weighted by Crippen LogP contribution is 2.25. The third-order valence-electron chi connectivity index (χ3n) is 4.35. The number of amides is 2. The minimum Gasteiger partial charge on any atom is -0.497 e. The summed E-state index contributed by atoms with van der Waals surface area (Å²) in [5.74, 6) is -0.0648. The van der Waals surface area contributed by atoms with Crippen LogP contribution in [0.4, 0.5) is 4.79 Å². The van der Waals surface area contributed by atoms with Crippen LogP contribution in [0.1, 0.15) is 25.8 Å². The van der Waals surface area contributed by atoms with E-state index >= 15 is 0 Å². The first-order chi connectivity index (χ1) is 14.4. The Hall–Kier alpha value is -3.49. The van der Waals surface area contributed by atoms with Gasteiger partial charge in [-0.25, -0.2) is 14.4 Å². The molecule has 0 bridgehead atoms. The van der Waals surface area contributed by atoms with Crippen LogP contribution in [0, 0.1) is 0 Å². The number of methoxy groups -OCH3 is 2. The van der Waals surface area contributed by atoms with Gasteiger partial charge >= 0.3 is 18.0 Å². The van der Waals surface area contributed by atoms with Gasteiger partial charge in [-0.2, -0.15) is 0 Å². The second-order valence-corrected chi connectivity index (χ2v) is 6.22. The fourth-order valence-corrected chi connectivity index (χ4v) is 2.88. The maximum atomic E-state index is 12.3. The molecule has 1 aromatic carbocycles. The summed E-state index contributed by atoms with van der Waals surface area (Å²) in [5, 5.41) is 5.18. The molecule has 1 aliphatic rings. The molecule has 9 nitrogen and oxygen atoms in total. The SMILES string of the molecule is CCOC(=O)C1=C(COC(=O)/C=C/c2ccc(OC)cc2OC)NC(=O)N[C@@H]1CC. The van der Waals surface area contributed by atoms with Crippen LogP contribution in [0.3, 0.4) is 0 Å². The van der Waals surface area contributed by atoms with Crippen molar-refractivity contribution in [1.82, 2.24) is 10.6 Å². The van der Waals surface area contributed by atoms with Crippen molar-refractivity contribution in [2.45, 2.75) is 26.3 Å². The van der Waals surface area contributed by atoms with Crippen molar-refractivity contribution in [3.63, 3.8) is 0 Å². The van der Waals surface area contributed by atoms with Gasteiger partial charge in [-0.1, -0.05) is 6.92 Å². The molecule has 0 unspecified atom stereocenters. The summed E-state index contributed by atoms with van der Waals surface area (Å²) in [4.78, 5) is 36.3. The molecule has 1 aliphatic heterocycles. The number of esters is 2. The Morgan fingerprint density at radius 2 is 1.90 bits per heavy atom. The highest BCUT2D eigenvalue weighted by molar-refractivity contribution is 5.95. The van der Waals surface area contributed by atoms with Crippen molar-refractivity contribution in [3.05, 3.63) is 41.1 Å². The van der Waals surface area contributed by atoms with Crippen molar-refractivity contribution in [2.24, 2.45) is 0 Å². The lowest BCUT2D eigenvalue weighted by atomic mass is 10.0. The lowest BCUT2D eigenvalue weighted by Gasteiger charge is -2.28. The van der Waals surface area contributed by atoms with E-state index in [-0.39, 0.29) is 24.5 Å². The molecule has 0 saturated heterocycles. The monoisotopic (exact) mass is 418 g/mol. The van der Waals surface area contributed by atoms with Crippen LogP contribution in [0.25, 0.3) is 6.08 Å². The zero-order valence-electron chi connectivity index (χ0n) is 17.4. The second kappa shape index (κ2) is 10.9. The Labute approximate surface area is 175 Å². The molecule has 0 radical (unpaired) electrons. The van der Waals surface area contributed by atoms with Crippen molar-refractivity contribution in [2.75, 3.05) is 27.4 Å². The number of benzene rings is 1. The molecule has 0 spiro atoms. The molecule has 0 aliphatic carbocycles. The molecule has 2 amide bonds. The molecule has 1 heterocycles. The standard InChI is InChI=1S/C21H26N2O7/c1-5-15-19(20(25)29-6-2)16(23-21(26)22-15)12-30-18(24)10-8-13-7-9-14(27-3)11-17(13)28-4/h7-11,15H,5-6,12H2,1-4H3,(H2,22,23,26)/b10-8+/t15-/m1/s1. The number of nitrogens with one attached hydrogen (secondary N) is 2. The summed E-state index contributed by atoms with van der Waals surface area (Å²) in [7, 11) is 3.06. The van der Waals surface area contributed by atoms with Crippen LogP contribution in [0.2, 0.25) is 0 Å². The van der Waals surface area contributed by atoms with E-state index in [1.54, 1.807) is 32.2 Å². The van der Waals surface area contributed by atoms with Gasteiger partial charge in [0.05, 0.1) is 38.1 Å². The fraction of sp³-hybridized carbons (Fsp3) is 0.381. The summed E-state index contributed by atoms with van der Waals surface area (Å²) in [6.07, 6.45) is 3.25. The van der Waals surface area contributed by atoms with Crippen molar-refractivity contribution >= 4 is 24.0 Å². The first-order valence-corrected chi connectivity index (χ1v) is 9.47. The summed E-state index contributed by atoms with van der Waals surface area (Å²) >= 11 is 0. The van der Waals surface area contributed by atoms with Crippen LogP contribution in [0.15, 0.2) is 35.5 Å². The van der Waals surface area contributed by atoms with E-state index in [0.717, 1.165) is 0 Å². The van der Waals surface area contributed by atoms with E-state index in [9.17, 15) is 14.4 Å². The lowest BCUT2D eigenvalue weighted by Crippen LogP contribution is -2.51. The van der Waals surface area contributed by atoms with Gasteiger partial charge in [-0.05, 0) is 31.6 Å². The average molecular weight is 418 g/mol. The smallest absolute Gasteiger partial charge is 0.338 e. The quantitative estimate of drug-likeness (QED) is 0.467. The molecule has 2 N–H and O–H groups in total. The maximum absolute atomic E-state index is 12.3. The number of rotatable bonds is 9. The van der Waals surface area contributed by atoms with Crippen LogP contribution in [-0.2, 0) is 19.1 Å². The summed E-state index contributed by atoms with van der Waals surface area (Å²) in [5.41, 5.74) is 1.10. The summed E-state index contributed by atoms with van der Waals surface area (Å²) < 4.78 is 20.7. The van der Waals surface area contributed by atoms with Gasteiger partial charge in [-0.15, -0.1) is 0 Å².